The molecular formula is C21H16F3NO4S. The molecule has 0 saturated carbocycles. The zero-order valence-electron chi connectivity index (χ0n) is 15.3. The maximum Gasteiger partial charge on any atom is 0.422 e. The zero-order chi connectivity index (χ0) is 21.7. The highest BCUT2D eigenvalue weighted by atomic mass is 32.1. The van der Waals surface area contributed by atoms with E-state index in [9.17, 15) is 27.9 Å². The predicted molar refractivity (Wildman–Crippen MR) is 106 cm³/mol. The summed E-state index contributed by atoms with van der Waals surface area (Å²) in [4.78, 5) is 24.4. The minimum Gasteiger partial charge on any atom is -0.484 e. The van der Waals surface area contributed by atoms with E-state index in [1.807, 2.05) is 0 Å². The number of rotatable bonds is 7. The Morgan fingerprint density at radius 3 is 2.30 bits per heavy atom. The molecule has 5 nitrogen and oxygen atoms in total. The van der Waals surface area contributed by atoms with Gasteiger partial charge in [-0.05, 0) is 40.3 Å². The lowest BCUT2D eigenvalue weighted by molar-refractivity contribution is -0.153. The third kappa shape index (κ3) is 5.60. The van der Waals surface area contributed by atoms with Crippen molar-refractivity contribution in [2.45, 2.75) is 12.2 Å². The highest BCUT2D eigenvalue weighted by Gasteiger charge is 2.28. The van der Waals surface area contributed by atoms with Gasteiger partial charge in [0.25, 0.3) is 5.91 Å². The van der Waals surface area contributed by atoms with E-state index in [0.29, 0.717) is 21.6 Å². The second kappa shape index (κ2) is 9.00. The monoisotopic (exact) mass is 435 g/mol. The van der Waals surface area contributed by atoms with Gasteiger partial charge in [0.2, 0.25) is 0 Å². The van der Waals surface area contributed by atoms with Crippen LogP contribution in [-0.4, -0.2) is 29.8 Å². The van der Waals surface area contributed by atoms with E-state index in [1.54, 1.807) is 53.9 Å². The SMILES string of the molecule is O=C(N[C@@H](C(=O)O)c1ccccc1)c1cc(-c2ccc(OCC(F)(F)F)cc2)cs1. The number of ether oxygens (including phenoxy) is 1. The Labute approximate surface area is 173 Å². The number of halogens is 3. The van der Waals surface area contributed by atoms with Crippen LogP contribution in [0.2, 0.25) is 0 Å². The molecular weight excluding hydrogens is 419 g/mol. The molecule has 0 unspecified atom stereocenters. The molecule has 3 rings (SSSR count). The Morgan fingerprint density at radius 1 is 1.03 bits per heavy atom. The molecule has 2 aromatic carbocycles. The Kier molecular flexibility index (Phi) is 6.41. The molecule has 30 heavy (non-hydrogen) atoms. The minimum atomic E-state index is -4.41. The summed E-state index contributed by atoms with van der Waals surface area (Å²) in [6, 6.07) is 14.7. The standard InChI is InChI=1S/C21H16F3NO4S/c22-21(23,24)12-29-16-8-6-13(7-9-16)15-10-17(30-11-15)19(26)25-18(20(27)28)14-4-2-1-3-5-14/h1-11,18H,12H2,(H,25,26)(H,27,28)/t18-/m1/s1. The van der Waals surface area contributed by atoms with E-state index in [2.05, 4.69) is 10.1 Å². The van der Waals surface area contributed by atoms with E-state index >= 15 is 0 Å². The summed E-state index contributed by atoms with van der Waals surface area (Å²) in [5.41, 5.74) is 1.81. The van der Waals surface area contributed by atoms with Gasteiger partial charge in [0.1, 0.15) is 5.75 Å². The van der Waals surface area contributed by atoms with Crippen LogP contribution in [0.25, 0.3) is 11.1 Å². The zero-order valence-corrected chi connectivity index (χ0v) is 16.2. The molecule has 9 heteroatoms. The number of carboxylic acid groups (broad SMARTS) is 1. The van der Waals surface area contributed by atoms with Crippen LogP contribution in [0.1, 0.15) is 21.3 Å². The van der Waals surface area contributed by atoms with Crippen LogP contribution in [0.5, 0.6) is 5.75 Å². The van der Waals surface area contributed by atoms with E-state index in [-0.39, 0.29) is 5.75 Å². The predicted octanol–water partition coefficient (Wildman–Crippen LogP) is 4.91. The first-order chi connectivity index (χ1) is 14.2. The molecule has 2 N–H and O–H groups in total. The van der Waals surface area contributed by atoms with Crippen LogP contribution in [0.3, 0.4) is 0 Å². The van der Waals surface area contributed by atoms with Gasteiger partial charge in [0.05, 0.1) is 4.88 Å². The summed E-state index contributed by atoms with van der Waals surface area (Å²) in [6.45, 7) is -1.37. The summed E-state index contributed by atoms with van der Waals surface area (Å²) in [7, 11) is 0. The maximum absolute atomic E-state index is 12.5. The van der Waals surface area contributed by atoms with E-state index < -0.39 is 30.7 Å². The second-order valence-corrected chi connectivity index (χ2v) is 7.19. The van der Waals surface area contributed by atoms with Crippen LogP contribution in [0.4, 0.5) is 13.2 Å². The average Bonchev–Trinajstić information content (AvgIpc) is 3.21. The number of nitrogens with one attached hydrogen (secondary N) is 1. The number of carbonyl (C=O) groups is 2. The number of alkyl halides is 3. The first-order valence-electron chi connectivity index (χ1n) is 8.70. The normalized spacial score (nSPS) is 12.2. The Hall–Kier alpha value is -3.33. The van der Waals surface area contributed by atoms with Crippen molar-refractivity contribution >= 4 is 23.2 Å². The summed E-state index contributed by atoms with van der Waals surface area (Å²) >= 11 is 1.13. The number of hydrogen-bond donors (Lipinski definition) is 2. The number of carbonyl (C=O) groups excluding carboxylic acids is 1. The van der Waals surface area contributed by atoms with E-state index in [4.69, 9.17) is 0 Å². The van der Waals surface area contributed by atoms with Crippen LogP contribution in [0, 0.1) is 0 Å². The maximum atomic E-state index is 12.5. The van der Waals surface area contributed by atoms with Gasteiger partial charge in [-0.1, -0.05) is 42.5 Å². The summed E-state index contributed by atoms with van der Waals surface area (Å²) in [6.07, 6.45) is -4.41. The summed E-state index contributed by atoms with van der Waals surface area (Å²) in [5.74, 6) is -1.63. The molecule has 0 aliphatic heterocycles. The number of benzene rings is 2. The highest BCUT2D eigenvalue weighted by molar-refractivity contribution is 7.12. The van der Waals surface area contributed by atoms with Crippen molar-refractivity contribution < 1.29 is 32.6 Å². The van der Waals surface area contributed by atoms with Crippen molar-refractivity contribution in [3.8, 4) is 16.9 Å². The molecule has 0 aliphatic rings. The molecule has 1 heterocycles. The molecule has 0 bridgehead atoms. The third-order valence-corrected chi connectivity index (χ3v) is 5.00. The first-order valence-corrected chi connectivity index (χ1v) is 9.58. The fourth-order valence-corrected chi connectivity index (χ4v) is 3.47. The molecule has 1 atom stereocenters. The van der Waals surface area contributed by atoms with Crippen molar-refractivity contribution in [3.05, 3.63) is 76.5 Å². The number of thiophene rings is 1. The summed E-state index contributed by atoms with van der Waals surface area (Å²) < 4.78 is 41.3. The molecule has 0 saturated heterocycles. The van der Waals surface area contributed by atoms with Gasteiger partial charge in [-0.25, -0.2) is 4.79 Å². The topological polar surface area (TPSA) is 75.6 Å². The van der Waals surface area contributed by atoms with Gasteiger partial charge in [0, 0.05) is 0 Å². The van der Waals surface area contributed by atoms with Crippen molar-refractivity contribution in [1.29, 1.82) is 0 Å². The summed E-state index contributed by atoms with van der Waals surface area (Å²) in [5, 5.41) is 13.6. The molecule has 156 valence electrons. The first kappa shape index (κ1) is 21.4. The molecule has 1 amide bonds. The van der Waals surface area contributed by atoms with E-state index in [0.717, 1.165) is 11.3 Å². The highest BCUT2D eigenvalue weighted by Crippen LogP contribution is 2.28. The van der Waals surface area contributed by atoms with Gasteiger partial charge in [-0.3, -0.25) is 4.79 Å². The fraction of sp³-hybridized carbons (Fsp3) is 0.143. The van der Waals surface area contributed by atoms with Crippen molar-refractivity contribution in [2.75, 3.05) is 6.61 Å². The molecule has 0 aliphatic carbocycles. The lowest BCUT2D eigenvalue weighted by Gasteiger charge is -2.14. The third-order valence-electron chi connectivity index (χ3n) is 4.07. The molecule has 3 aromatic rings. The van der Waals surface area contributed by atoms with E-state index in [1.165, 1.54) is 12.1 Å². The largest absolute Gasteiger partial charge is 0.484 e. The number of carboxylic acids is 1. The molecule has 0 radical (unpaired) electrons. The smallest absolute Gasteiger partial charge is 0.422 e. The quantitative estimate of drug-likeness (QED) is 0.553. The van der Waals surface area contributed by atoms with Gasteiger partial charge in [-0.15, -0.1) is 11.3 Å². The van der Waals surface area contributed by atoms with Gasteiger partial charge in [0.15, 0.2) is 12.6 Å². The van der Waals surface area contributed by atoms with Gasteiger partial charge < -0.3 is 15.2 Å². The number of amides is 1. The lowest BCUT2D eigenvalue weighted by Crippen LogP contribution is -2.33. The Bertz CT molecular complexity index is 1020. The van der Waals surface area contributed by atoms with Crippen molar-refractivity contribution in [2.24, 2.45) is 0 Å². The van der Waals surface area contributed by atoms with Gasteiger partial charge >= 0.3 is 12.1 Å². The van der Waals surface area contributed by atoms with Crippen molar-refractivity contribution in [3.63, 3.8) is 0 Å². The fourth-order valence-electron chi connectivity index (χ4n) is 2.65. The van der Waals surface area contributed by atoms with Crippen LogP contribution >= 0.6 is 11.3 Å². The van der Waals surface area contributed by atoms with Gasteiger partial charge in [-0.2, -0.15) is 13.2 Å². The van der Waals surface area contributed by atoms with Crippen LogP contribution < -0.4 is 10.1 Å². The molecule has 0 spiro atoms. The minimum absolute atomic E-state index is 0.0800. The lowest BCUT2D eigenvalue weighted by atomic mass is 10.1. The molecule has 0 fully saturated rings. The van der Waals surface area contributed by atoms with Crippen LogP contribution in [0.15, 0.2) is 66.0 Å². The number of aliphatic carboxylic acids is 1. The Morgan fingerprint density at radius 2 is 1.70 bits per heavy atom. The average molecular weight is 435 g/mol. The molecule has 1 aromatic heterocycles. The number of hydrogen-bond acceptors (Lipinski definition) is 4. The second-order valence-electron chi connectivity index (χ2n) is 6.28. The Balaban J connectivity index is 1.69. The van der Waals surface area contributed by atoms with Crippen molar-refractivity contribution in [1.82, 2.24) is 5.32 Å². The van der Waals surface area contributed by atoms with Crippen LogP contribution in [-0.2, 0) is 4.79 Å².